The minimum absolute atomic E-state index is 0.125. The van der Waals surface area contributed by atoms with Crippen molar-refractivity contribution >= 4 is 11.6 Å². The predicted octanol–water partition coefficient (Wildman–Crippen LogP) is 0.156. The summed E-state index contributed by atoms with van der Waals surface area (Å²) in [5.41, 5.74) is 0.719. The Hall–Kier alpha value is -2.65. The third-order valence-corrected chi connectivity index (χ3v) is 7.96. The molecule has 1 aromatic heterocycles. The van der Waals surface area contributed by atoms with Crippen molar-refractivity contribution in [1.29, 1.82) is 0 Å². The van der Waals surface area contributed by atoms with Gasteiger partial charge in [0.25, 0.3) is 0 Å². The van der Waals surface area contributed by atoms with Crippen molar-refractivity contribution in [1.82, 2.24) is 19.9 Å². The summed E-state index contributed by atoms with van der Waals surface area (Å²) >= 11 is 0. The van der Waals surface area contributed by atoms with E-state index in [0.717, 1.165) is 70.1 Å². The summed E-state index contributed by atoms with van der Waals surface area (Å²) in [6, 6.07) is 8.55. The number of aromatic nitrogens is 3. The van der Waals surface area contributed by atoms with Gasteiger partial charge in [0, 0.05) is 39.0 Å². The fraction of sp³-hybridized carbons (Fsp3) is 0.640. The van der Waals surface area contributed by atoms with Crippen molar-refractivity contribution in [3.8, 4) is 5.75 Å². The van der Waals surface area contributed by atoms with Gasteiger partial charge in [0.05, 0.1) is 44.5 Å². The van der Waals surface area contributed by atoms with Gasteiger partial charge in [-0.3, -0.25) is 4.79 Å². The van der Waals surface area contributed by atoms with Gasteiger partial charge in [-0.25, -0.2) is 4.68 Å². The van der Waals surface area contributed by atoms with Gasteiger partial charge in [-0.05, 0) is 31.9 Å². The van der Waals surface area contributed by atoms with Gasteiger partial charge >= 0.3 is 0 Å². The first kappa shape index (κ1) is 23.1. The highest BCUT2D eigenvalue weighted by molar-refractivity contribution is 5.80. The molecular formula is C25H37N6O3+. The summed E-state index contributed by atoms with van der Waals surface area (Å²) in [7, 11) is 1.71. The van der Waals surface area contributed by atoms with E-state index in [1.807, 2.05) is 29.1 Å². The third kappa shape index (κ3) is 4.51. The van der Waals surface area contributed by atoms with Crippen LogP contribution in [0, 0.1) is 11.8 Å². The lowest BCUT2D eigenvalue weighted by atomic mass is 9.75. The summed E-state index contributed by atoms with van der Waals surface area (Å²) in [6.07, 6.45) is 4.02. The van der Waals surface area contributed by atoms with E-state index in [2.05, 4.69) is 26.2 Å². The van der Waals surface area contributed by atoms with E-state index in [4.69, 9.17) is 4.74 Å². The van der Waals surface area contributed by atoms with Crippen molar-refractivity contribution < 1.29 is 19.5 Å². The van der Waals surface area contributed by atoms with E-state index in [0.29, 0.717) is 23.6 Å². The number of fused-ring (bicyclic) bond motifs is 3. The molecule has 34 heavy (non-hydrogen) atoms. The van der Waals surface area contributed by atoms with Crippen LogP contribution in [0.15, 0.2) is 30.5 Å². The van der Waals surface area contributed by atoms with Gasteiger partial charge in [-0.2, -0.15) is 0 Å². The number of aliphatic hydroxyl groups is 1. The van der Waals surface area contributed by atoms with Crippen LogP contribution in [0.5, 0.6) is 5.75 Å². The first-order valence-electron chi connectivity index (χ1n) is 12.5. The Balaban J connectivity index is 1.17. The molecule has 1 amide bonds. The topological polar surface area (TPSA) is 88.2 Å². The predicted molar refractivity (Wildman–Crippen MR) is 128 cm³/mol. The molecule has 1 aromatic carbocycles. The second-order valence-corrected chi connectivity index (χ2v) is 10.6. The Kier molecular flexibility index (Phi) is 6.24. The molecule has 6 rings (SSSR count). The number of carbonyl (C=O) groups excluding carboxylic acids is 1. The second-order valence-electron chi connectivity index (χ2n) is 10.6. The highest BCUT2D eigenvalue weighted by Gasteiger charge is 2.48. The van der Waals surface area contributed by atoms with Crippen LogP contribution in [0.4, 0.5) is 5.69 Å². The average molecular weight is 470 g/mol. The number of para-hydroxylation sites is 2. The number of methoxy groups -OCH3 is 1. The number of nitrogens with one attached hydrogen (secondary N) is 1. The molecular weight excluding hydrogens is 432 g/mol. The van der Waals surface area contributed by atoms with Crippen molar-refractivity contribution in [2.45, 2.75) is 44.9 Å². The Labute approximate surface area is 201 Å². The highest BCUT2D eigenvalue weighted by atomic mass is 16.5. The first-order valence-corrected chi connectivity index (χ1v) is 12.5. The maximum atomic E-state index is 13.5. The number of carbonyl (C=O) groups is 1. The number of quaternary nitrogens is 1. The summed E-state index contributed by atoms with van der Waals surface area (Å²) < 4.78 is 7.39. The Morgan fingerprint density at radius 2 is 2.00 bits per heavy atom. The van der Waals surface area contributed by atoms with Crippen molar-refractivity contribution in [3.05, 3.63) is 36.2 Å². The molecule has 5 heterocycles. The van der Waals surface area contributed by atoms with E-state index in [1.54, 1.807) is 21.0 Å². The molecule has 0 aliphatic carbocycles. The first-order chi connectivity index (χ1) is 16.3. The Bertz CT molecular complexity index is 1010. The van der Waals surface area contributed by atoms with Crippen LogP contribution in [-0.4, -0.2) is 83.3 Å². The number of piperazine rings is 1. The normalized spacial score (nSPS) is 27.2. The second kappa shape index (κ2) is 9.19. The van der Waals surface area contributed by atoms with Gasteiger partial charge < -0.3 is 24.5 Å². The highest BCUT2D eigenvalue weighted by Crippen LogP contribution is 2.31. The van der Waals surface area contributed by atoms with Crippen LogP contribution in [0.2, 0.25) is 0 Å². The van der Waals surface area contributed by atoms with Crippen LogP contribution in [0.25, 0.3) is 0 Å². The average Bonchev–Trinajstić information content (AvgIpc) is 3.33. The number of nitrogens with zero attached hydrogens (tertiary/aromatic N) is 5. The number of hydrogen-bond donors (Lipinski definition) is 2. The number of hydrogen-bond acceptors (Lipinski definition) is 6. The van der Waals surface area contributed by atoms with Crippen molar-refractivity contribution in [2.24, 2.45) is 11.8 Å². The van der Waals surface area contributed by atoms with Crippen LogP contribution >= 0.6 is 0 Å². The summed E-state index contributed by atoms with van der Waals surface area (Å²) in [4.78, 5) is 19.4. The summed E-state index contributed by atoms with van der Waals surface area (Å²) in [5, 5.41) is 18.5. The smallest absolute Gasteiger partial charge is 0.231 e. The lowest BCUT2D eigenvalue weighted by Crippen LogP contribution is -3.20. The van der Waals surface area contributed by atoms with Crippen LogP contribution < -0.4 is 14.5 Å². The Morgan fingerprint density at radius 3 is 2.65 bits per heavy atom. The van der Waals surface area contributed by atoms with Crippen molar-refractivity contribution in [3.63, 3.8) is 0 Å². The zero-order valence-corrected chi connectivity index (χ0v) is 20.5. The molecule has 184 valence electrons. The van der Waals surface area contributed by atoms with E-state index >= 15 is 0 Å². The lowest BCUT2D eigenvalue weighted by molar-refractivity contribution is -0.945. The fourth-order valence-electron chi connectivity index (χ4n) is 5.99. The molecule has 2 N–H and O–H groups in total. The molecule has 2 aromatic rings. The molecule has 2 bridgehead atoms. The molecule has 4 aliphatic rings. The van der Waals surface area contributed by atoms with Crippen LogP contribution in [-0.2, 0) is 16.9 Å². The Morgan fingerprint density at radius 1 is 1.24 bits per heavy atom. The number of rotatable bonds is 6. The lowest BCUT2D eigenvalue weighted by Gasteiger charge is -2.47. The number of anilines is 1. The molecule has 9 nitrogen and oxygen atoms in total. The largest absolute Gasteiger partial charge is 0.495 e. The van der Waals surface area contributed by atoms with Crippen LogP contribution in [0.1, 0.15) is 32.4 Å². The maximum absolute atomic E-state index is 13.5. The number of piperidine rings is 3. The molecule has 0 radical (unpaired) electrons. The van der Waals surface area contributed by atoms with E-state index in [1.165, 1.54) is 4.90 Å². The minimum Gasteiger partial charge on any atom is -0.495 e. The minimum atomic E-state index is -0.982. The monoisotopic (exact) mass is 469 g/mol. The molecule has 9 heteroatoms. The molecule has 1 unspecified atom stereocenters. The summed E-state index contributed by atoms with van der Waals surface area (Å²) in [5.74, 6) is 1.79. The number of benzene rings is 1. The van der Waals surface area contributed by atoms with Crippen LogP contribution in [0.3, 0.4) is 0 Å². The fourth-order valence-corrected chi connectivity index (χ4v) is 5.99. The molecule has 0 saturated carbocycles. The van der Waals surface area contributed by atoms with Gasteiger partial charge in [-0.15, -0.1) is 5.10 Å². The number of ether oxygens (including phenoxy) is 1. The van der Waals surface area contributed by atoms with Gasteiger partial charge in [-0.1, -0.05) is 17.3 Å². The zero-order chi connectivity index (χ0) is 23.9. The van der Waals surface area contributed by atoms with E-state index in [9.17, 15) is 9.90 Å². The van der Waals surface area contributed by atoms with Gasteiger partial charge in [0.1, 0.15) is 23.1 Å². The van der Waals surface area contributed by atoms with Gasteiger partial charge in [0.15, 0.2) is 0 Å². The molecule has 0 spiro atoms. The third-order valence-electron chi connectivity index (χ3n) is 7.96. The number of amides is 1. The van der Waals surface area contributed by atoms with Gasteiger partial charge in [0.2, 0.25) is 5.91 Å². The van der Waals surface area contributed by atoms with Crippen molar-refractivity contribution in [2.75, 3.05) is 51.3 Å². The molecule has 4 saturated heterocycles. The molecule has 4 aliphatic heterocycles. The van der Waals surface area contributed by atoms with E-state index < -0.39 is 5.60 Å². The summed E-state index contributed by atoms with van der Waals surface area (Å²) in [6.45, 7) is 9.46. The SMILES string of the molecule is COc1ccccc1N1CCN(C(=O)[C@H]2C[NH+]3CC[C@H]2C[C@@H]3Cn2cc(C(C)(C)O)nn2)CC1. The maximum Gasteiger partial charge on any atom is 0.231 e. The standard InChI is InChI=1S/C25H36N6O3/c1-25(2,33)23-17-31(27-26-23)15-19-14-18-8-9-30(19)16-20(18)24(32)29-12-10-28(11-13-29)21-6-4-5-7-22(21)34-3/h4-7,17-20,33H,8-16H2,1-3H3/p+1/t18-,19+,20-/m0/s1. The molecule has 4 atom stereocenters. The van der Waals surface area contributed by atoms with E-state index in [-0.39, 0.29) is 5.92 Å². The zero-order valence-electron chi connectivity index (χ0n) is 20.5. The molecule has 4 fully saturated rings. The quantitative estimate of drug-likeness (QED) is 0.627.